The van der Waals surface area contributed by atoms with Gasteiger partial charge in [0.15, 0.2) is 0 Å². The highest BCUT2D eigenvalue weighted by atomic mass is 32.2. The molecule has 2 rings (SSSR count). The third-order valence-electron chi connectivity index (χ3n) is 3.11. The van der Waals surface area contributed by atoms with E-state index < -0.39 is 6.10 Å². The number of thioether (sulfide) groups is 1. The number of benzene rings is 2. The molecule has 0 aliphatic rings. The third kappa shape index (κ3) is 4.92. The molecular formula is C17H19NO2S. The van der Waals surface area contributed by atoms with Crippen LogP contribution in [0.25, 0.3) is 0 Å². The zero-order chi connectivity index (χ0) is 15.1. The van der Waals surface area contributed by atoms with Crippen LogP contribution in [0, 0.1) is 0 Å². The lowest BCUT2D eigenvalue weighted by molar-refractivity contribution is -0.118. The van der Waals surface area contributed by atoms with Crippen molar-refractivity contribution in [2.75, 3.05) is 11.6 Å². The highest BCUT2D eigenvalue weighted by Crippen LogP contribution is 2.18. The summed E-state index contributed by atoms with van der Waals surface area (Å²) in [6.45, 7) is 0. The van der Waals surface area contributed by atoms with Crippen LogP contribution in [0.4, 0.5) is 5.69 Å². The van der Waals surface area contributed by atoms with E-state index >= 15 is 0 Å². The Morgan fingerprint density at radius 2 is 1.81 bits per heavy atom. The van der Waals surface area contributed by atoms with Crippen molar-refractivity contribution in [3.8, 4) is 0 Å². The summed E-state index contributed by atoms with van der Waals surface area (Å²) in [5, 5.41) is 12.8. The standard InChI is InChI=1S/C17H19NO2S/c1-21-12-13-7-9-15(10-8-13)18-17(20)11-16(19)14-5-3-2-4-6-14/h2-10,16,19H,11-12H2,1H3,(H,18,20). The minimum Gasteiger partial charge on any atom is -0.388 e. The molecule has 0 saturated heterocycles. The molecule has 0 aliphatic carbocycles. The van der Waals surface area contributed by atoms with Crippen molar-refractivity contribution in [3.63, 3.8) is 0 Å². The molecule has 4 heteroatoms. The number of rotatable bonds is 6. The quantitative estimate of drug-likeness (QED) is 0.857. The number of amides is 1. The molecule has 0 aliphatic heterocycles. The van der Waals surface area contributed by atoms with E-state index in [9.17, 15) is 9.90 Å². The number of nitrogens with one attached hydrogen (secondary N) is 1. The smallest absolute Gasteiger partial charge is 0.227 e. The normalized spacial score (nSPS) is 11.9. The van der Waals surface area contributed by atoms with Crippen LogP contribution in [0.15, 0.2) is 54.6 Å². The van der Waals surface area contributed by atoms with E-state index in [4.69, 9.17) is 0 Å². The van der Waals surface area contributed by atoms with E-state index in [0.717, 1.165) is 17.0 Å². The molecule has 0 radical (unpaired) electrons. The first-order valence-electron chi connectivity index (χ1n) is 6.80. The Morgan fingerprint density at radius 3 is 2.43 bits per heavy atom. The van der Waals surface area contributed by atoms with Gasteiger partial charge < -0.3 is 10.4 Å². The van der Waals surface area contributed by atoms with Crippen molar-refractivity contribution in [2.24, 2.45) is 0 Å². The molecule has 2 aromatic rings. The molecular weight excluding hydrogens is 282 g/mol. The zero-order valence-electron chi connectivity index (χ0n) is 12.0. The molecule has 1 atom stereocenters. The fourth-order valence-corrected chi connectivity index (χ4v) is 2.56. The van der Waals surface area contributed by atoms with Crippen LogP contribution in [0.2, 0.25) is 0 Å². The predicted molar refractivity (Wildman–Crippen MR) is 88.3 cm³/mol. The minimum absolute atomic E-state index is 0.0522. The molecule has 21 heavy (non-hydrogen) atoms. The van der Waals surface area contributed by atoms with E-state index in [1.54, 1.807) is 11.8 Å². The van der Waals surface area contributed by atoms with Gasteiger partial charge in [0.05, 0.1) is 12.5 Å². The zero-order valence-corrected chi connectivity index (χ0v) is 12.8. The van der Waals surface area contributed by atoms with Gasteiger partial charge in [0.2, 0.25) is 5.91 Å². The number of aliphatic hydroxyl groups excluding tert-OH is 1. The Hall–Kier alpha value is -1.78. The summed E-state index contributed by atoms with van der Waals surface area (Å²) >= 11 is 1.76. The molecule has 0 heterocycles. The van der Waals surface area contributed by atoms with E-state index in [-0.39, 0.29) is 12.3 Å². The van der Waals surface area contributed by atoms with Gasteiger partial charge in [-0.3, -0.25) is 4.79 Å². The number of aliphatic hydroxyl groups is 1. The third-order valence-corrected chi connectivity index (χ3v) is 3.73. The number of carbonyl (C=O) groups is 1. The second kappa shape index (κ2) is 7.86. The Bertz CT molecular complexity index is 569. The van der Waals surface area contributed by atoms with E-state index in [1.165, 1.54) is 5.56 Å². The van der Waals surface area contributed by atoms with Gasteiger partial charge in [-0.1, -0.05) is 42.5 Å². The van der Waals surface area contributed by atoms with Crippen LogP contribution in [-0.4, -0.2) is 17.3 Å². The van der Waals surface area contributed by atoms with E-state index in [0.29, 0.717) is 0 Å². The minimum atomic E-state index is -0.776. The van der Waals surface area contributed by atoms with E-state index in [1.807, 2.05) is 54.6 Å². The fourth-order valence-electron chi connectivity index (χ4n) is 2.03. The number of carbonyl (C=O) groups excluding carboxylic acids is 1. The molecule has 2 aromatic carbocycles. The average Bonchev–Trinajstić information content (AvgIpc) is 2.50. The summed E-state index contributed by atoms with van der Waals surface area (Å²) < 4.78 is 0. The molecule has 2 N–H and O–H groups in total. The van der Waals surface area contributed by atoms with Crippen LogP contribution in [0.1, 0.15) is 23.7 Å². The van der Waals surface area contributed by atoms with Gasteiger partial charge in [-0.05, 0) is 29.5 Å². The highest BCUT2D eigenvalue weighted by Gasteiger charge is 2.12. The number of anilines is 1. The van der Waals surface area contributed by atoms with Crippen LogP contribution >= 0.6 is 11.8 Å². The molecule has 110 valence electrons. The summed E-state index contributed by atoms with van der Waals surface area (Å²) in [5.41, 5.74) is 2.73. The molecule has 0 saturated carbocycles. The lowest BCUT2D eigenvalue weighted by Gasteiger charge is -2.11. The molecule has 0 fully saturated rings. The Labute approximate surface area is 129 Å². The monoisotopic (exact) mass is 301 g/mol. The second-order valence-electron chi connectivity index (χ2n) is 4.81. The molecule has 0 bridgehead atoms. The number of hydrogen-bond acceptors (Lipinski definition) is 3. The lowest BCUT2D eigenvalue weighted by Crippen LogP contribution is -2.15. The average molecular weight is 301 g/mol. The first-order chi connectivity index (χ1) is 10.2. The van der Waals surface area contributed by atoms with Gasteiger partial charge in [-0.2, -0.15) is 11.8 Å². The highest BCUT2D eigenvalue weighted by molar-refractivity contribution is 7.97. The Morgan fingerprint density at radius 1 is 1.14 bits per heavy atom. The largest absolute Gasteiger partial charge is 0.388 e. The van der Waals surface area contributed by atoms with Crippen LogP contribution in [-0.2, 0) is 10.5 Å². The van der Waals surface area contributed by atoms with E-state index in [2.05, 4.69) is 11.6 Å². The maximum absolute atomic E-state index is 11.9. The summed E-state index contributed by atoms with van der Waals surface area (Å²) in [7, 11) is 0. The SMILES string of the molecule is CSCc1ccc(NC(=O)CC(O)c2ccccc2)cc1. The first-order valence-corrected chi connectivity index (χ1v) is 8.19. The molecule has 1 unspecified atom stereocenters. The fraction of sp³-hybridized carbons (Fsp3) is 0.235. The molecule has 3 nitrogen and oxygen atoms in total. The predicted octanol–water partition coefficient (Wildman–Crippen LogP) is 3.61. The summed E-state index contributed by atoms with van der Waals surface area (Å²) in [6.07, 6.45) is 1.33. The Kier molecular flexibility index (Phi) is 5.84. The van der Waals surface area contributed by atoms with Gasteiger partial charge in [0.1, 0.15) is 0 Å². The van der Waals surface area contributed by atoms with Crippen LogP contribution < -0.4 is 5.32 Å². The second-order valence-corrected chi connectivity index (χ2v) is 5.67. The first kappa shape index (κ1) is 15.6. The maximum atomic E-state index is 11.9. The molecule has 0 aromatic heterocycles. The van der Waals surface area contributed by atoms with Crippen molar-refractivity contribution in [1.82, 2.24) is 0 Å². The van der Waals surface area contributed by atoms with Gasteiger partial charge >= 0.3 is 0 Å². The summed E-state index contributed by atoms with van der Waals surface area (Å²) in [4.78, 5) is 11.9. The van der Waals surface area contributed by atoms with Gasteiger partial charge in [0.25, 0.3) is 0 Å². The summed E-state index contributed by atoms with van der Waals surface area (Å²) in [5.74, 6) is 0.769. The van der Waals surface area contributed by atoms with Gasteiger partial charge in [-0.15, -0.1) is 0 Å². The van der Waals surface area contributed by atoms with Crippen molar-refractivity contribution in [3.05, 3.63) is 65.7 Å². The lowest BCUT2D eigenvalue weighted by atomic mass is 10.1. The van der Waals surface area contributed by atoms with Crippen molar-refractivity contribution < 1.29 is 9.90 Å². The Balaban J connectivity index is 1.89. The van der Waals surface area contributed by atoms with Crippen molar-refractivity contribution >= 4 is 23.4 Å². The maximum Gasteiger partial charge on any atom is 0.227 e. The van der Waals surface area contributed by atoms with Gasteiger partial charge in [0, 0.05) is 11.4 Å². The van der Waals surface area contributed by atoms with Gasteiger partial charge in [-0.25, -0.2) is 0 Å². The van der Waals surface area contributed by atoms with Crippen molar-refractivity contribution in [2.45, 2.75) is 18.3 Å². The molecule has 0 spiro atoms. The molecule has 1 amide bonds. The number of hydrogen-bond donors (Lipinski definition) is 2. The van der Waals surface area contributed by atoms with Crippen LogP contribution in [0.5, 0.6) is 0 Å². The van der Waals surface area contributed by atoms with Crippen LogP contribution in [0.3, 0.4) is 0 Å². The summed E-state index contributed by atoms with van der Waals surface area (Å²) in [6, 6.07) is 17.0. The topological polar surface area (TPSA) is 49.3 Å². The van der Waals surface area contributed by atoms with Crippen molar-refractivity contribution in [1.29, 1.82) is 0 Å².